The molecule has 6 heteroatoms. The topological polar surface area (TPSA) is 67.1 Å². The van der Waals surface area contributed by atoms with Crippen molar-refractivity contribution in [1.29, 1.82) is 0 Å². The van der Waals surface area contributed by atoms with Crippen LogP contribution in [0.2, 0.25) is 0 Å². The molecule has 0 aliphatic carbocycles. The van der Waals surface area contributed by atoms with Crippen LogP contribution in [0, 0.1) is 0 Å². The van der Waals surface area contributed by atoms with Gasteiger partial charge in [-0.25, -0.2) is 4.98 Å². The molecule has 0 radical (unpaired) electrons. The summed E-state index contributed by atoms with van der Waals surface area (Å²) in [6.07, 6.45) is 1.79. The zero-order valence-corrected chi connectivity index (χ0v) is 12.6. The minimum atomic E-state index is 0.489. The number of hydrogen-bond acceptors (Lipinski definition) is 6. The van der Waals surface area contributed by atoms with Crippen molar-refractivity contribution < 1.29 is 4.52 Å². The molecule has 0 spiro atoms. The molecule has 0 unspecified atom stereocenters. The smallest absolute Gasteiger partial charge is 0.259 e. The Morgan fingerprint density at radius 3 is 2.52 bits per heavy atom. The number of piperazine rings is 1. The van der Waals surface area contributed by atoms with E-state index in [1.54, 1.807) is 6.20 Å². The summed E-state index contributed by atoms with van der Waals surface area (Å²) in [6, 6.07) is 13.8. The third kappa shape index (κ3) is 2.93. The maximum atomic E-state index is 5.37. The molecular formula is C17H17N5O. The SMILES string of the molecule is c1ccc(-c2noc(-c3ccc(N4CCNCC4)nc3)n2)cc1. The van der Waals surface area contributed by atoms with Crippen LogP contribution in [0.25, 0.3) is 22.8 Å². The van der Waals surface area contributed by atoms with Crippen LogP contribution in [0.4, 0.5) is 5.82 Å². The lowest BCUT2D eigenvalue weighted by molar-refractivity contribution is 0.432. The van der Waals surface area contributed by atoms with Gasteiger partial charge in [0.25, 0.3) is 5.89 Å². The minimum Gasteiger partial charge on any atom is -0.354 e. The van der Waals surface area contributed by atoms with Gasteiger partial charge in [0.2, 0.25) is 5.82 Å². The number of nitrogens with one attached hydrogen (secondary N) is 1. The van der Waals surface area contributed by atoms with Gasteiger partial charge in [-0.15, -0.1) is 0 Å². The third-order valence-corrected chi connectivity index (χ3v) is 3.89. The standard InChI is InChI=1S/C17H17N5O/c1-2-4-13(5-3-1)16-20-17(23-21-16)14-6-7-15(19-12-14)22-10-8-18-9-11-22/h1-7,12,18H,8-11H2. The molecule has 1 N–H and O–H groups in total. The van der Waals surface area contributed by atoms with Gasteiger partial charge >= 0.3 is 0 Å². The van der Waals surface area contributed by atoms with E-state index in [1.807, 2.05) is 42.5 Å². The van der Waals surface area contributed by atoms with Crippen molar-refractivity contribution in [2.75, 3.05) is 31.1 Å². The van der Waals surface area contributed by atoms with Gasteiger partial charge in [0.1, 0.15) is 5.82 Å². The normalized spacial score (nSPS) is 14.9. The summed E-state index contributed by atoms with van der Waals surface area (Å²) >= 11 is 0. The number of aromatic nitrogens is 3. The van der Waals surface area contributed by atoms with Gasteiger partial charge in [-0.1, -0.05) is 35.5 Å². The lowest BCUT2D eigenvalue weighted by Gasteiger charge is -2.28. The maximum absolute atomic E-state index is 5.37. The highest BCUT2D eigenvalue weighted by molar-refractivity contribution is 5.60. The summed E-state index contributed by atoms with van der Waals surface area (Å²) in [6.45, 7) is 3.94. The lowest BCUT2D eigenvalue weighted by Crippen LogP contribution is -2.43. The van der Waals surface area contributed by atoms with Crippen LogP contribution in [0.5, 0.6) is 0 Å². The summed E-state index contributed by atoms with van der Waals surface area (Å²) in [7, 11) is 0. The van der Waals surface area contributed by atoms with Crippen molar-refractivity contribution >= 4 is 5.82 Å². The average Bonchev–Trinajstić information content (AvgIpc) is 3.14. The fraction of sp³-hybridized carbons (Fsp3) is 0.235. The molecule has 4 rings (SSSR count). The first-order chi connectivity index (χ1) is 11.4. The van der Waals surface area contributed by atoms with Gasteiger partial charge in [-0.05, 0) is 12.1 Å². The van der Waals surface area contributed by atoms with Crippen molar-refractivity contribution in [3.63, 3.8) is 0 Å². The van der Waals surface area contributed by atoms with Crippen molar-refractivity contribution in [3.05, 3.63) is 48.7 Å². The average molecular weight is 307 g/mol. The van der Waals surface area contributed by atoms with Crippen LogP contribution in [0.1, 0.15) is 0 Å². The highest BCUT2D eigenvalue weighted by Gasteiger charge is 2.14. The maximum Gasteiger partial charge on any atom is 0.259 e. The Morgan fingerprint density at radius 2 is 1.78 bits per heavy atom. The van der Waals surface area contributed by atoms with Crippen molar-refractivity contribution in [3.8, 4) is 22.8 Å². The second-order valence-electron chi connectivity index (χ2n) is 5.43. The molecule has 1 saturated heterocycles. The van der Waals surface area contributed by atoms with Crippen LogP contribution >= 0.6 is 0 Å². The number of benzene rings is 1. The Balaban J connectivity index is 1.55. The van der Waals surface area contributed by atoms with E-state index < -0.39 is 0 Å². The Labute approximate surface area is 134 Å². The summed E-state index contributed by atoms with van der Waals surface area (Å²) in [5.41, 5.74) is 1.77. The van der Waals surface area contributed by atoms with Crippen LogP contribution in [0.3, 0.4) is 0 Å². The molecule has 0 amide bonds. The predicted octanol–water partition coefficient (Wildman–Crippen LogP) is 2.21. The largest absolute Gasteiger partial charge is 0.354 e. The first-order valence-corrected chi connectivity index (χ1v) is 7.71. The Bertz CT molecular complexity index is 763. The molecule has 1 fully saturated rings. The van der Waals surface area contributed by atoms with Crippen molar-refractivity contribution in [2.45, 2.75) is 0 Å². The monoisotopic (exact) mass is 307 g/mol. The molecule has 1 aliphatic heterocycles. The van der Waals surface area contributed by atoms with E-state index >= 15 is 0 Å². The predicted molar refractivity (Wildman–Crippen MR) is 88.0 cm³/mol. The molecule has 0 saturated carbocycles. The molecule has 3 aromatic rings. The van der Waals surface area contributed by atoms with E-state index in [0.29, 0.717) is 11.7 Å². The van der Waals surface area contributed by atoms with Gasteiger partial charge in [0.15, 0.2) is 0 Å². The fourth-order valence-electron chi connectivity index (χ4n) is 2.64. The highest BCUT2D eigenvalue weighted by Crippen LogP contribution is 2.23. The van der Waals surface area contributed by atoms with E-state index in [1.165, 1.54) is 0 Å². The van der Waals surface area contributed by atoms with Gasteiger partial charge in [0, 0.05) is 37.9 Å². The lowest BCUT2D eigenvalue weighted by atomic mass is 10.2. The molecule has 1 aliphatic rings. The van der Waals surface area contributed by atoms with Crippen LogP contribution in [-0.2, 0) is 0 Å². The quantitative estimate of drug-likeness (QED) is 0.800. The molecule has 6 nitrogen and oxygen atoms in total. The highest BCUT2D eigenvalue weighted by atomic mass is 16.5. The molecule has 0 atom stereocenters. The molecule has 0 bridgehead atoms. The van der Waals surface area contributed by atoms with Crippen LogP contribution < -0.4 is 10.2 Å². The van der Waals surface area contributed by atoms with E-state index in [9.17, 15) is 0 Å². The Morgan fingerprint density at radius 1 is 0.957 bits per heavy atom. The summed E-state index contributed by atoms with van der Waals surface area (Å²) < 4.78 is 5.37. The number of nitrogens with zero attached hydrogens (tertiary/aromatic N) is 4. The fourth-order valence-corrected chi connectivity index (χ4v) is 2.64. The zero-order valence-electron chi connectivity index (χ0n) is 12.6. The Kier molecular flexibility index (Phi) is 3.73. The summed E-state index contributed by atoms with van der Waals surface area (Å²) in [5, 5.41) is 7.38. The zero-order chi connectivity index (χ0) is 15.5. The molecule has 1 aromatic carbocycles. The first-order valence-electron chi connectivity index (χ1n) is 7.71. The van der Waals surface area contributed by atoms with E-state index in [2.05, 4.69) is 25.3 Å². The van der Waals surface area contributed by atoms with Gasteiger partial charge in [-0.2, -0.15) is 4.98 Å². The van der Waals surface area contributed by atoms with E-state index in [4.69, 9.17) is 4.52 Å². The minimum absolute atomic E-state index is 0.489. The third-order valence-electron chi connectivity index (χ3n) is 3.89. The molecule has 3 heterocycles. The summed E-state index contributed by atoms with van der Waals surface area (Å²) in [4.78, 5) is 11.3. The van der Waals surface area contributed by atoms with E-state index in [-0.39, 0.29) is 0 Å². The number of rotatable bonds is 3. The van der Waals surface area contributed by atoms with Crippen molar-refractivity contribution in [2.24, 2.45) is 0 Å². The Hall–Kier alpha value is -2.73. The van der Waals surface area contributed by atoms with Crippen molar-refractivity contribution in [1.82, 2.24) is 20.4 Å². The van der Waals surface area contributed by atoms with Gasteiger partial charge in [0.05, 0.1) is 5.56 Å². The second kappa shape index (κ2) is 6.18. The molecule has 2 aromatic heterocycles. The molecule has 116 valence electrons. The molecular weight excluding hydrogens is 290 g/mol. The second-order valence-corrected chi connectivity index (χ2v) is 5.43. The molecule has 23 heavy (non-hydrogen) atoms. The number of hydrogen-bond donors (Lipinski definition) is 1. The van der Waals surface area contributed by atoms with Crippen LogP contribution in [0.15, 0.2) is 53.2 Å². The van der Waals surface area contributed by atoms with Gasteiger partial charge in [-0.3, -0.25) is 0 Å². The number of pyridine rings is 1. The number of anilines is 1. The summed E-state index contributed by atoms with van der Waals surface area (Å²) in [5.74, 6) is 2.06. The first kappa shape index (κ1) is 13.9. The van der Waals surface area contributed by atoms with E-state index in [0.717, 1.165) is 43.1 Å². The van der Waals surface area contributed by atoms with Gasteiger partial charge < -0.3 is 14.7 Å². The van der Waals surface area contributed by atoms with Crippen LogP contribution in [-0.4, -0.2) is 41.3 Å².